The molecule has 0 radical (unpaired) electrons. The Kier molecular flexibility index (Phi) is 4.58. The van der Waals surface area contributed by atoms with Crippen molar-refractivity contribution in [2.45, 2.75) is 32.2 Å². The van der Waals surface area contributed by atoms with Crippen molar-refractivity contribution in [1.29, 1.82) is 0 Å². The van der Waals surface area contributed by atoms with E-state index in [0.717, 1.165) is 6.07 Å². The van der Waals surface area contributed by atoms with E-state index in [4.69, 9.17) is 5.11 Å². The van der Waals surface area contributed by atoms with Gasteiger partial charge in [-0.15, -0.1) is 0 Å². The van der Waals surface area contributed by atoms with Crippen LogP contribution in [0.25, 0.3) is 0 Å². The summed E-state index contributed by atoms with van der Waals surface area (Å²) in [6, 6.07) is 2.95. The van der Waals surface area contributed by atoms with E-state index < -0.39 is 29.0 Å². The van der Waals surface area contributed by atoms with Crippen molar-refractivity contribution in [1.82, 2.24) is 5.32 Å². The van der Waals surface area contributed by atoms with Gasteiger partial charge in [0.2, 0.25) is 5.91 Å². The number of carboxylic acids is 1. The van der Waals surface area contributed by atoms with Crippen LogP contribution in [0.5, 0.6) is 0 Å². The molecule has 2 N–H and O–H groups in total. The lowest BCUT2D eigenvalue weighted by atomic mass is 10.00. The Morgan fingerprint density at radius 2 is 1.95 bits per heavy atom. The second-order valence-corrected chi connectivity index (χ2v) is 4.92. The van der Waals surface area contributed by atoms with Crippen molar-refractivity contribution in [2.24, 2.45) is 0 Å². The Bertz CT molecular complexity index is 501. The summed E-state index contributed by atoms with van der Waals surface area (Å²) in [5.74, 6) is -3.07. The van der Waals surface area contributed by atoms with E-state index >= 15 is 0 Å². The van der Waals surface area contributed by atoms with E-state index in [2.05, 4.69) is 5.32 Å². The maximum atomic E-state index is 13.3. The van der Waals surface area contributed by atoms with Crippen molar-refractivity contribution < 1.29 is 23.5 Å². The first-order valence-electron chi connectivity index (χ1n) is 5.66. The molecule has 0 aliphatic rings. The van der Waals surface area contributed by atoms with Gasteiger partial charge in [0.25, 0.3) is 0 Å². The van der Waals surface area contributed by atoms with Crippen LogP contribution in [0, 0.1) is 11.6 Å². The fourth-order valence-corrected chi connectivity index (χ4v) is 1.68. The number of aliphatic carboxylic acids is 1. The van der Waals surface area contributed by atoms with Crippen molar-refractivity contribution in [2.75, 3.05) is 0 Å². The number of hydrogen-bond acceptors (Lipinski definition) is 2. The Morgan fingerprint density at radius 1 is 1.32 bits per heavy atom. The molecule has 1 amide bonds. The van der Waals surface area contributed by atoms with E-state index in [1.165, 1.54) is 6.07 Å². The van der Waals surface area contributed by atoms with Gasteiger partial charge in [-0.05, 0) is 25.5 Å². The standard InChI is InChI=1S/C13H15F2NO3/c1-13(2,7-12(18)19)16-11(17)5-8-3-4-9(14)6-10(8)15/h3-4,6H,5,7H2,1-2H3,(H,16,17)(H,18,19). The first-order chi connectivity index (χ1) is 8.69. The van der Waals surface area contributed by atoms with Crippen molar-refractivity contribution in [3.8, 4) is 0 Å². The number of carbonyl (C=O) groups is 2. The van der Waals surface area contributed by atoms with Crippen LogP contribution in [-0.2, 0) is 16.0 Å². The maximum absolute atomic E-state index is 13.3. The van der Waals surface area contributed by atoms with E-state index in [-0.39, 0.29) is 18.4 Å². The molecule has 0 aliphatic heterocycles. The lowest BCUT2D eigenvalue weighted by Gasteiger charge is -2.24. The van der Waals surface area contributed by atoms with E-state index in [1.54, 1.807) is 13.8 Å². The topological polar surface area (TPSA) is 66.4 Å². The number of amides is 1. The minimum absolute atomic E-state index is 0.0602. The van der Waals surface area contributed by atoms with Gasteiger partial charge < -0.3 is 10.4 Å². The van der Waals surface area contributed by atoms with Gasteiger partial charge in [-0.1, -0.05) is 6.07 Å². The average Bonchev–Trinajstić information content (AvgIpc) is 2.19. The number of carboxylic acid groups (broad SMARTS) is 1. The third kappa shape index (κ3) is 5.03. The minimum atomic E-state index is -1.04. The average molecular weight is 271 g/mol. The lowest BCUT2D eigenvalue weighted by Crippen LogP contribution is -2.45. The molecular formula is C13H15F2NO3. The molecule has 19 heavy (non-hydrogen) atoms. The molecule has 0 bridgehead atoms. The smallest absolute Gasteiger partial charge is 0.305 e. The third-order valence-electron chi connectivity index (χ3n) is 2.44. The van der Waals surface area contributed by atoms with Crippen LogP contribution < -0.4 is 5.32 Å². The molecule has 4 nitrogen and oxygen atoms in total. The highest BCUT2D eigenvalue weighted by Crippen LogP contribution is 2.12. The first-order valence-corrected chi connectivity index (χ1v) is 5.66. The monoisotopic (exact) mass is 271 g/mol. The number of hydrogen-bond donors (Lipinski definition) is 2. The van der Waals surface area contributed by atoms with Crippen LogP contribution in [0.4, 0.5) is 8.78 Å². The van der Waals surface area contributed by atoms with Crippen LogP contribution in [0.1, 0.15) is 25.8 Å². The van der Waals surface area contributed by atoms with Crippen LogP contribution in [0.3, 0.4) is 0 Å². The SMILES string of the molecule is CC(C)(CC(=O)O)NC(=O)Cc1ccc(F)cc1F. The van der Waals surface area contributed by atoms with Gasteiger partial charge in [-0.2, -0.15) is 0 Å². The summed E-state index contributed by atoms with van der Waals surface area (Å²) < 4.78 is 26.0. The molecule has 0 saturated carbocycles. The Labute approximate surface area is 109 Å². The van der Waals surface area contributed by atoms with Crippen LogP contribution in [-0.4, -0.2) is 22.5 Å². The molecule has 0 unspecified atom stereocenters. The largest absolute Gasteiger partial charge is 0.481 e. The molecule has 0 atom stereocenters. The zero-order valence-electron chi connectivity index (χ0n) is 10.7. The fraction of sp³-hybridized carbons (Fsp3) is 0.385. The summed E-state index contributed by atoms with van der Waals surface area (Å²) in [5, 5.41) is 11.2. The second-order valence-electron chi connectivity index (χ2n) is 4.92. The van der Waals surface area contributed by atoms with E-state index in [0.29, 0.717) is 6.07 Å². The van der Waals surface area contributed by atoms with Gasteiger partial charge >= 0.3 is 5.97 Å². The number of halogens is 2. The zero-order chi connectivity index (χ0) is 14.6. The highest BCUT2D eigenvalue weighted by Gasteiger charge is 2.24. The molecule has 1 rings (SSSR count). The molecule has 0 saturated heterocycles. The fourth-order valence-electron chi connectivity index (χ4n) is 1.68. The number of carbonyl (C=O) groups excluding carboxylic acids is 1. The predicted octanol–water partition coefficient (Wildman–Crippen LogP) is 1.88. The summed E-state index contributed by atoms with van der Waals surface area (Å²) in [7, 11) is 0. The Hall–Kier alpha value is -1.98. The van der Waals surface area contributed by atoms with Crippen LogP contribution in [0.2, 0.25) is 0 Å². The Balaban J connectivity index is 2.67. The molecular weight excluding hydrogens is 256 g/mol. The van der Waals surface area contributed by atoms with Gasteiger partial charge in [0.1, 0.15) is 11.6 Å². The van der Waals surface area contributed by atoms with E-state index in [9.17, 15) is 18.4 Å². The molecule has 1 aromatic carbocycles. The van der Waals surface area contributed by atoms with Crippen LogP contribution in [0.15, 0.2) is 18.2 Å². The van der Waals surface area contributed by atoms with Gasteiger partial charge in [0, 0.05) is 11.6 Å². The molecule has 0 fully saturated rings. The molecule has 0 heterocycles. The molecule has 0 spiro atoms. The lowest BCUT2D eigenvalue weighted by molar-refractivity contribution is -0.138. The van der Waals surface area contributed by atoms with Crippen molar-refractivity contribution in [3.63, 3.8) is 0 Å². The molecule has 0 aromatic heterocycles. The highest BCUT2D eigenvalue weighted by atomic mass is 19.1. The number of benzene rings is 1. The quantitative estimate of drug-likeness (QED) is 0.859. The third-order valence-corrected chi connectivity index (χ3v) is 2.44. The van der Waals surface area contributed by atoms with Crippen molar-refractivity contribution in [3.05, 3.63) is 35.4 Å². The zero-order valence-corrected chi connectivity index (χ0v) is 10.7. The Morgan fingerprint density at radius 3 is 2.47 bits per heavy atom. The van der Waals surface area contributed by atoms with Crippen LogP contribution >= 0.6 is 0 Å². The normalized spacial score (nSPS) is 11.2. The van der Waals surface area contributed by atoms with E-state index in [1.807, 2.05) is 0 Å². The van der Waals surface area contributed by atoms with Gasteiger partial charge in [0.15, 0.2) is 0 Å². The van der Waals surface area contributed by atoms with Crippen molar-refractivity contribution >= 4 is 11.9 Å². The van der Waals surface area contributed by atoms with Gasteiger partial charge in [0.05, 0.1) is 12.8 Å². The predicted molar refractivity (Wildman–Crippen MR) is 64.5 cm³/mol. The maximum Gasteiger partial charge on any atom is 0.305 e. The minimum Gasteiger partial charge on any atom is -0.481 e. The highest BCUT2D eigenvalue weighted by molar-refractivity contribution is 5.80. The molecule has 0 aliphatic carbocycles. The number of rotatable bonds is 5. The second kappa shape index (κ2) is 5.77. The first kappa shape index (κ1) is 15.1. The van der Waals surface area contributed by atoms with Gasteiger partial charge in [-0.3, -0.25) is 9.59 Å². The summed E-state index contributed by atoms with van der Waals surface area (Å²) in [6.07, 6.45) is -0.514. The summed E-state index contributed by atoms with van der Waals surface area (Å²) >= 11 is 0. The summed E-state index contributed by atoms with van der Waals surface area (Å²) in [5.41, 5.74) is -0.871. The molecule has 104 valence electrons. The number of nitrogens with one attached hydrogen (secondary N) is 1. The molecule has 1 aromatic rings. The van der Waals surface area contributed by atoms with Gasteiger partial charge in [-0.25, -0.2) is 8.78 Å². The summed E-state index contributed by atoms with van der Waals surface area (Å²) in [6.45, 7) is 3.11. The molecule has 6 heteroatoms. The summed E-state index contributed by atoms with van der Waals surface area (Å²) in [4.78, 5) is 22.3.